The Kier molecular flexibility index (Phi) is 5.55. The van der Waals surface area contributed by atoms with E-state index in [1.54, 1.807) is 0 Å². The summed E-state index contributed by atoms with van der Waals surface area (Å²) < 4.78 is 0. The molecule has 2 aromatic carbocycles. The van der Waals surface area contributed by atoms with Gasteiger partial charge in [0.2, 0.25) is 0 Å². The number of carboxylic acids is 2. The van der Waals surface area contributed by atoms with Gasteiger partial charge >= 0.3 is 11.9 Å². The van der Waals surface area contributed by atoms with Crippen LogP contribution in [0.5, 0.6) is 0 Å². The first-order chi connectivity index (χ1) is 12.0. The molecule has 138 valence electrons. The van der Waals surface area contributed by atoms with Crippen molar-refractivity contribution in [3.63, 3.8) is 0 Å². The lowest BCUT2D eigenvalue weighted by Gasteiger charge is -2.24. The molecule has 0 aromatic heterocycles. The van der Waals surface area contributed by atoms with E-state index in [0.717, 1.165) is 22.3 Å². The summed E-state index contributed by atoms with van der Waals surface area (Å²) in [7, 11) is 0. The maximum absolute atomic E-state index is 11.0. The monoisotopic (exact) mass is 354 g/mol. The van der Waals surface area contributed by atoms with E-state index in [2.05, 4.69) is 0 Å². The predicted molar refractivity (Wildman–Crippen MR) is 102 cm³/mol. The second-order valence-electron chi connectivity index (χ2n) is 8.06. The number of rotatable bonds is 7. The minimum Gasteiger partial charge on any atom is -0.481 e. The van der Waals surface area contributed by atoms with Crippen LogP contribution in [0.3, 0.4) is 0 Å². The highest BCUT2D eigenvalue weighted by atomic mass is 16.4. The van der Waals surface area contributed by atoms with Crippen LogP contribution in [-0.2, 0) is 20.4 Å². The molecule has 4 heteroatoms. The van der Waals surface area contributed by atoms with Crippen molar-refractivity contribution in [3.05, 3.63) is 59.7 Å². The van der Waals surface area contributed by atoms with Crippen LogP contribution in [-0.4, -0.2) is 22.2 Å². The molecule has 0 atom stereocenters. The van der Waals surface area contributed by atoms with E-state index >= 15 is 0 Å². The van der Waals surface area contributed by atoms with Gasteiger partial charge in [-0.3, -0.25) is 9.59 Å². The first kappa shape index (κ1) is 19.7. The zero-order valence-electron chi connectivity index (χ0n) is 15.7. The van der Waals surface area contributed by atoms with Gasteiger partial charge in [-0.15, -0.1) is 0 Å². The molecule has 0 saturated heterocycles. The molecular weight excluding hydrogens is 328 g/mol. The number of hydrogen-bond donors (Lipinski definition) is 2. The third-order valence-electron chi connectivity index (χ3n) is 4.85. The van der Waals surface area contributed by atoms with Crippen LogP contribution in [0.2, 0.25) is 0 Å². The molecule has 0 bridgehead atoms. The molecule has 26 heavy (non-hydrogen) atoms. The minimum absolute atomic E-state index is 0.0830. The lowest BCUT2D eigenvalue weighted by Crippen LogP contribution is -2.21. The molecule has 0 saturated carbocycles. The SMILES string of the molecule is CC(C)(CC(=O)O)c1ccc(-c2ccc(C(C)(C)CC(=O)O)cc2)cc1. The molecular formula is C22H26O4. The first-order valence-corrected chi connectivity index (χ1v) is 8.66. The molecule has 0 unspecified atom stereocenters. The molecule has 0 radical (unpaired) electrons. The van der Waals surface area contributed by atoms with Gasteiger partial charge in [-0.1, -0.05) is 76.2 Å². The van der Waals surface area contributed by atoms with Crippen LogP contribution < -0.4 is 0 Å². The molecule has 0 fully saturated rings. The quantitative estimate of drug-likeness (QED) is 0.745. The van der Waals surface area contributed by atoms with Crippen molar-refractivity contribution >= 4 is 11.9 Å². The van der Waals surface area contributed by atoms with Crippen molar-refractivity contribution in [1.29, 1.82) is 0 Å². The van der Waals surface area contributed by atoms with Crippen LogP contribution in [0.15, 0.2) is 48.5 Å². The van der Waals surface area contributed by atoms with E-state index in [1.165, 1.54) is 0 Å². The number of aliphatic carboxylic acids is 2. The van der Waals surface area contributed by atoms with E-state index in [-0.39, 0.29) is 12.8 Å². The fourth-order valence-corrected chi connectivity index (χ4v) is 3.19. The van der Waals surface area contributed by atoms with Crippen molar-refractivity contribution in [2.75, 3.05) is 0 Å². The van der Waals surface area contributed by atoms with Crippen LogP contribution in [0.4, 0.5) is 0 Å². The van der Waals surface area contributed by atoms with Crippen LogP contribution in [0.25, 0.3) is 11.1 Å². The van der Waals surface area contributed by atoms with Crippen molar-refractivity contribution in [3.8, 4) is 11.1 Å². The van der Waals surface area contributed by atoms with E-state index in [0.29, 0.717) is 0 Å². The third kappa shape index (κ3) is 4.72. The normalized spacial score (nSPS) is 12.0. The van der Waals surface area contributed by atoms with Crippen LogP contribution in [0.1, 0.15) is 51.7 Å². The van der Waals surface area contributed by atoms with E-state index in [4.69, 9.17) is 10.2 Å². The first-order valence-electron chi connectivity index (χ1n) is 8.66. The summed E-state index contributed by atoms with van der Waals surface area (Å²) in [6.45, 7) is 7.70. The van der Waals surface area contributed by atoms with Gasteiger partial charge in [0.1, 0.15) is 0 Å². The summed E-state index contributed by atoms with van der Waals surface area (Å²) in [5, 5.41) is 18.1. The summed E-state index contributed by atoms with van der Waals surface area (Å²) in [5.41, 5.74) is 3.22. The van der Waals surface area contributed by atoms with Gasteiger partial charge in [0.25, 0.3) is 0 Å². The molecule has 0 heterocycles. The van der Waals surface area contributed by atoms with Crippen molar-refractivity contribution in [2.45, 2.75) is 51.4 Å². The molecule has 4 nitrogen and oxygen atoms in total. The largest absolute Gasteiger partial charge is 0.481 e. The van der Waals surface area contributed by atoms with Gasteiger partial charge in [-0.25, -0.2) is 0 Å². The minimum atomic E-state index is -0.807. The summed E-state index contributed by atoms with van der Waals surface area (Å²) in [5.74, 6) is -1.61. The van der Waals surface area contributed by atoms with Gasteiger partial charge in [0.05, 0.1) is 12.8 Å². The Morgan fingerprint density at radius 1 is 0.654 bits per heavy atom. The molecule has 2 N–H and O–H groups in total. The summed E-state index contributed by atoms with van der Waals surface area (Å²) in [6, 6.07) is 15.9. The van der Waals surface area contributed by atoms with Crippen molar-refractivity contribution in [2.24, 2.45) is 0 Å². The average molecular weight is 354 g/mol. The molecule has 0 aliphatic carbocycles. The highest BCUT2D eigenvalue weighted by Crippen LogP contribution is 2.31. The Balaban J connectivity index is 2.22. The highest BCUT2D eigenvalue weighted by Gasteiger charge is 2.25. The summed E-state index contributed by atoms with van der Waals surface area (Å²) in [6.07, 6.45) is 0.166. The van der Waals surface area contributed by atoms with Gasteiger partial charge < -0.3 is 10.2 Å². The van der Waals surface area contributed by atoms with Crippen molar-refractivity contribution in [1.82, 2.24) is 0 Å². The lowest BCUT2D eigenvalue weighted by molar-refractivity contribution is -0.139. The third-order valence-corrected chi connectivity index (χ3v) is 4.85. The number of carbonyl (C=O) groups is 2. The zero-order valence-corrected chi connectivity index (χ0v) is 15.7. The molecule has 0 amide bonds. The van der Waals surface area contributed by atoms with Gasteiger partial charge in [-0.2, -0.15) is 0 Å². The van der Waals surface area contributed by atoms with E-state index in [1.807, 2.05) is 76.2 Å². The van der Waals surface area contributed by atoms with Crippen LogP contribution >= 0.6 is 0 Å². The Morgan fingerprint density at radius 2 is 0.923 bits per heavy atom. The molecule has 2 rings (SSSR count). The predicted octanol–water partition coefficient (Wildman–Crippen LogP) is 4.86. The Labute approximate surface area is 154 Å². The standard InChI is InChI=1S/C22H26O4/c1-21(2,13-19(23)24)17-9-5-15(6-10-17)16-7-11-18(12-8-16)22(3,4)14-20(25)26/h5-12H,13-14H2,1-4H3,(H,23,24)(H,25,26). The second-order valence-corrected chi connectivity index (χ2v) is 8.06. The number of hydrogen-bond acceptors (Lipinski definition) is 2. The zero-order chi connectivity index (χ0) is 19.5. The lowest BCUT2D eigenvalue weighted by atomic mass is 9.80. The molecule has 0 spiro atoms. The van der Waals surface area contributed by atoms with Crippen molar-refractivity contribution < 1.29 is 19.8 Å². The second kappa shape index (κ2) is 7.32. The van der Waals surface area contributed by atoms with E-state index < -0.39 is 22.8 Å². The maximum atomic E-state index is 11.0. The summed E-state index contributed by atoms with van der Waals surface area (Å²) in [4.78, 5) is 22.0. The summed E-state index contributed by atoms with van der Waals surface area (Å²) >= 11 is 0. The Bertz CT molecular complexity index is 714. The molecule has 0 aliphatic heterocycles. The van der Waals surface area contributed by atoms with E-state index in [9.17, 15) is 9.59 Å². The maximum Gasteiger partial charge on any atom is 0.304 e. The van der Waals surface area contributed by atoms with Gasteiger partial charge in [-0.05, 0) is 22.3 Å². The van der Waals surface area contributed by atoms with Gasteiger partial charge in [0.15, 0.2) is 0 Å². The fourth-order valence-electron chi connectivity index (χ4n) is 3.19. The molecule has 0 aliphatic rings. The topological polar surface area (TPSA) is 74.6 Å². The Hall–Kier alpha value is -2.62. The van der Waals surface area contributed by atoms with Crippen LogP contribution in [0, 0.1) is 0 Å². The molecule has 2 aromatic rings. The highest BCUT2D eigenvalue weighted by molar-refractivity contribution is 5.70. The number of carboxylic acid groups (broad SMARTS) is 2. The van der Waals surface area contributed by atoms with Gasteiger partial charge in [0, 0.05) is 10.8 Å². The average Bonchev–Trinajstić information content (AvgIpc) is 2.53. The fraction of sp³-hybridized carbons (Fsp3) is 0.364. The smallest absolute Gasteiger partial charge is 0.304 e. The number of benzene rings is 2. The Morgan fingerprint density at radius 3 is 1.15 bits per heavy atom.